The van der Waals surface area contributed by atoms with Gasteiger partial charge in [-0.2, -0.15) is 0 Å². The second-order valence-corrected chi connectivity index (χ2v) is 5.34. The molecule has 1 unspecified atom stereocenters. The zero-order valence-electron chi connectivity index (χ0n) is 11.3. The number of aliphatic hydroxyl groups excluding tert-OH is 1. The third-order valence-electron chi connectivity index (χ3n) is 3.65. The largest absolute Gasteiger partial charge is 0.493 e. The molecule has 3 heteroatoms. The number of rotatable bonds is 5. The summed E-state index contributed by atoms with van der Waals surface area (Å²) in [4.78, 5) is 0. The monoisotopic (exact) mass is 249 g/mol. The van der Waals surface area contributed by atoms with E-state index in [2.05, 4.69) is 31.3 Å². The third-order valence-corrected chi connectivity index (χ3v) is 3.65. The average Bonchev–Trinajstić information content (AvgIpc) is 2.39. The fraction of sp³-hybridized carbons (Fsp3) is 0.600. The molecule has 0 bridgehead atoms. The molecule has 0 saturated heterocycles. The Hall–Kier alpha value is -1.22. The summed E-state index contributed by atoms with van der Waals surface area (Å²) in [6, 6.07) is 6.27. The van der Waals surface area contributed by atoms with E-state index in [1.807, 2.05) is 6.07 Å². The summed E-state index contributed by atoms with van der Waals surface area (Å²) in [6.45, 7) is 6.17. The molecule has 1 aromatic rings. The minimum absolute atomic E-state index is 0.235. The van der Waals surface area contributed by atoms with Crippen molar-refractivity contribution in [2.24, 2.45) is 11.8 Å². The molecule has 0 fully saturated rings. The molecule has 0 saturated carbocycles. The molecule has 1 heterocycles. The highest BCUT2D eigenvalue weighted by atomic mass is 16.5. The van der Waals surface area contributed by atoms with Crippen LogP contribution < -0.4 is 10.1 Å². The van der Waals surface area contributed by atoms with Crippen LogP contribution in [0.3, 0.4) is 0 Å². The first-order valence-electron chi connectivity index (χ1n) is 6.81. The van der Waals surface area contributed by atoms with Crippen LogP contribution >= 0.6 is 0 Å². The van der Waals surface area contributed by atoms with Crippen molar-refractivity contribution in [3.63, 3.8) is 0 Å². The molecule has 1 aromatic carbocycles. The van der Waals surface area contributed by atoms with Crippen LogP contribution in [0.1, 0.15) is 25.8 Å². The van der Waals surface area contributed by atoms with E-state index in [4.69, 9.17) is 4.74 Å². The zero-order valence-corrected chi connectivity index (χ0v) is 11.3. The summed E-state index contributed by atoms with van der Waals surface area (Å²) >= 11 is 0. The number of benzene rings is 1. The van der Waals surface area contributed by atoms with Gasteiger partial charge in [-0.15, -0.1) is 0 Å². The third kappa shape index (κ3) is 3.16. The van der Waals surface area contributed by atoms with E-state index in [0.717, 1.165) is 37.4 Å². The number of nitrogens with one attached hydrogen (secondary N) is 1. The van der Waals surface area contributed by atoms with Gasteiger partial charge in [0.15, 0.2) is 0 Å². The van der Waals surface area contributed by atoms with Gasteiger partial charge in [0.1, 0.15) is 5.75 Å². The van der Waals surface area contributed by atoms with Gasteiger partial charge in [-0.05, 0) is 42.5 Å². The minimum Gasteiger partial charge on any atom is -0.493 e. The lowest BCUT2D eigenvalue weighted by Gasteiger charge is -2.21. The molecule has 0 aromatic heterocycles. The second kappa shape index (κ2) is 6.10. The Balaban J connectivity index is 1.97. The van der Waals surface area contributed by atoms with Crippen LogP contribution in [0.5, 0.6) is 5.75 Å². The van der Waals surface area contributed by atoms with E-state index in [1.54, 1.807) is 0 Å². The summed E-state index contributed by atoms with van der Waals surface area (Å²) in [5.41, 5.74) is 2.41. The van der Waals surface area contributed by atoms with Crippen molar-refractivity contribution in [2.45, 2.75) is 26.7 Å². The molecule has 0 amide bonds. The Morgan fingerprint density at radius 1 is 1.39 bits per heavy atom. The first-order valence-corrected chi connectivity index (χ1v) is 6.81. The van der Waals surface area contributed by atoms with Gasteiger partial charge in [-0.3, -0.25) is 0 Å². The van der Waals surface area contributed by atoms with Crippen LogP contribution in [0.4, 0.5) is 5.69 Å². The molecule has 100 valence electrons. The predicted molar refractivity (Wildman–Crippen MR) is 74.2 cm³/mol. The quantitative estimate of drug-likeness (QED) is 0.843. The summed E-state index contributed by atoms with van der Waals surface area (Å²) in [7, 11) is 0. The van der Waals surface area contributed by atoms with Crippen LogP contribution in [-0.4, -0.2) is 24.9 Å². The first-order chi connectivity index (χ1) is 8.70. The van der Waals surface area contributed by atoms with E-state index in [0.29, 0.717) is 11.8 Å². The lowest BCUT2D eigenvalue weighted by molar-refractivity contribution is 0.198. The smallest absolute Gasteiger partial charge is 0.122 e. The van der Waals surface area contributed by atoms with Gasteiger partial charge in [-0.1, -0.05) is 13.8 Å². The van der Waals surface area contributed by atoms with E-state index in [-0.39, 0.29) is 6.61 Å². The molecule has 0 spiro atoms. The molecule has 18 heavy (non-hydrogen) atoms. The second-order valence-electron chi connectivity index (χ2n) is 5.34. The van der Waals surface area contributed by atoms with Crippen LogP contribution in [-0.2, 0) is 6.42 Å². The van der Waals surface area contributed by atoms with Crippen molar-refractivity contribution < 1.29 is 9.84 Å². The lowest BCUT2D eigenvalue weighted by atomic mass is 9.96. The Bertz CT molecular complexity index is 390. The van der Waals surface area contributed by atoms with Gasteiger partial charge in [0, 0.05) is 24.8 Å². The number of aliphatic hydroxyl groups is 1. The molecule has 3 nitrogen and oxygen atoms in total. The van der Waals surface area contributed by atoms with Crippen molar-refractivity contribution >= 4 is 5.69 Å². The lowest BCUT2D eigenvalue weighted by Crippen LogP contribution is -2.23. The molecule has 2 rings (SSSR count). The number of hydrogen-bond acceptors (Lipinski definition) is 3. The van der Waals surface area contributed by atoms with E-state index < -0.39 is 0 Å². The fourth-order valence-electron chi connectivity index (χ4n) is 2.23. The Labute approximate surface area is 109 Å². The van der Waals surface area contributed by atoms with Gasteiger partial charge < -0.3 is 15.2 Å². The Morgan fingerprint density at radius 2 is 2.22 bits per heavy atom. The first kappa shape index (κ1) is 13.2. The number of fused-ring (bicyclic) bond motifs is 1. The van der Waals surface area contributed by atoms with E-state index in [1.165, 1.54) is 5.56 Å². The SMILES string of the molecule is CC(C)C(CO)CNc1ccc2c(c1)CCCO2. The van der Waals surface area contributed by atoms with Crippen molar-refractivity contribution in [1.82, 2.24) is 0 Å². The van der Waals surface area contributed by atoms with Crippen LogP contribution in [0, 0.1) is 11.8 Å². The summed E-state index contributed by atoms with van der Waals surface area (Å²) in [6.07, 6.45) is 2.19. The molecule has 1 aliphatic rings. The van der Waals surface area contributed by atoms with Gasteiger partial charge >= 0.3 is 0 Å². The van der Waals surface area contributed by atoms with Crippen molar-refractivity contribution in [2.75, 3.05) is 25.1 Å². The topological polar surface area (TPSA) is 41.5 Å². The van der Waals surface area contributed by atoms with Gasteiger partial charge in [-0.25, -0.2) is 0 Å². The van der Waals surface area contributed by atoms with Gasteiger partial charge in [0.05, 0.1) is 6.61 Å². The molecule has 2 N–H and O–H groups in total. The minimum atomic E-state index is 0.235. The molecule has 0 aliphatic carbocycles. The maximum Gasteiger partial charge on any atom is 0.122 e. The highest BCUT2D eigenvalue weighted by molar-refractivity contribution is 5.51. The van der Waals surface area contributed by atoms with Crippen LogP contribution in [0.15, 0.2) is 18.2 Å². The molecule has 0 radical (unpaired) electrons. The summed E-state index contributed by atoms with van der Waals surface area (Å²) in [5, 5.41) is 12.7. The molecular weight excluding hydrogens is 226 g/mol. The van der Waals surface area contributed by atoms with Gasteiger partial charge in [0.25, 0.3) is 0 Å². The van der Waals surface area contributed by atoms with E-state index >= 15 is 0 Å². The van der Waals surface area contributed by atoms with Crippen LogP contribution in [0.25, 0.3) is 0 Å². The molecular formula is C15H23NO2. The predicted octanol–water partition coefficient (Wildman–Crippen LogP) is 2.69. The van der Waals surface area contributed by atoms with Gasteiger partial charge in [0.2, 0.25) is 0 Å². The highest BCUT2D eigenvalue weighted by Crippen LogP contribution is 2.27. The summed E-state index contributed by atoms with van der Waals surface area (Å²) < 4.78 is 5.60. The average molecular weight is 249 g/mol. The number of ether oxygens (including phenoxy) is 1. The maximum absolute atomic E-state index is 9.31. The highest BCUT2D eigenvalue weighted by Gasteiger charge is 2.13. The van der Waals surface area contributed by atoms with Crippen molar-refractivity contribution in [3.05, 3.63) is 23.8 Å². The zero-order chi connectivity index (χ0) is 13.0. The Kier molecular flexibility index (Phi) is 4.48. The number of hydrogen-bond donors (Lipinski definition) is 2. The molecule has 1 aliphatic heterocycles. The number of aryl methyl sites for hydroxylation is 1. The number of anilines is 1. The Morgan fingerprint density at radius 3 is 2.94 bits per heavy atom. The maximum atomic E-state index is 9.31. The van der Waals surface area contributed by atoms with Crippen molar-refractivity contribution in [3.8, 4) is 5.75 Å². The van der Waals surface area contributed by atoms with E-state index in [9.17, 15) is 5.11 Å². The summed E-state index contributed by atoms with van der Waals surface area (Å²) in [5.74, 6) is 1.81. The van der Waals surface area contributed by atoms with Crippen LogP contribution in [0.2, 0.25) is 0 Å². The standard InChI is InChI=1S/C15H23NO2/c1-11(2)13(10-17)9-16-14-5-6-15-12(8-14)4-3-7-18-15/h5-6,8,11,13,16-17H,3-4,7,9-10H2,1-2H3. The fourth-order valence-corrected chi connectivity index (χ4v) is 2.23. The normalized spacial score (nSPS) is 16.0. The molecule has 1 atom stereocenters. The van der Waals surface area contributed by atoms with Crippen molar-refractivity contribution in [1.29, 1.82) is 0 Å².